The lowest BCUT2D eigenvalue weighted by atomic mass is 10.1. The highest BCUT2D eigenvalue weighted by atomic mass is 35.5. The van der Waals surface area contributed by atoms with Gasteiger partial charge in [0.05, 0.1) is 41.2 Å². The molecule has 0 fully saturated rings. The van der Waals surface area contributed by atoms with Crippen LogP contribution >= 0.6 is 23.2 Å². The van der Waals surface area contributed by atoms with Crippen molar-refractivity contribution in [1.82, 2.24) is 9.78 Å². The lowest BCUT2D eigenvalue weighted by Gasteiger charge is -2.12. The maximum absolute atomic E-state index is 12.5. The van der Waals surface area contributed by atoms with E-state index in [0.29, 0.717) is 32.7 Å². The van der Waals surface area contributed by atoms with E-state index >= 15 is 0 Å². The van der Waals surface area contributed by atoms with E-state index in [4.69, 9.17) is 33.7 Å². The van der Waals surface area contributed by atoms with Gasteiger partial charge in [-0.05, 0) is 49.4 Å². The first-order chi connectivity index (χ1) is 15.5. The van der Waals surface area contributed by atoms with Gasteiger partial charge in [-0.3, -0.25) is 4.79 Å². The highest BCUT2D eigenvalue weighted by Gasteiger charge is 2.31. The minimum atomic E-state index is -4.79. The van der Waals surface area contributed by atoms with Crippen LogP contribution in [0.1, 0.15) is 18.2 Å². The first kappa shape index (κ1) is 24.9. The van der Waals surface area contributed by atoms with E-state index in [2.05, 4.69) is 9.84 Å². The average molecular weight is 502 g/mol. The Labute approximate surface area is 198 Å². The number of amides is 1. The third kappa shape index (κ3) is 6.19. The number of hydrogen-bond acceptors (Lipinski definition) is 4. The van der Waals surface area contributed by atoms with E-state index < -0.39 is 18.2 Å². The zero-order chi connectivity index (χ0) is 24.3. The molecule has 0 radical (unpaired) electrons. The second-order valence-corrected chi connectivity index (χ2v) is 8.16. The Morgan fingerprint density at radius 1 is 1.18 bits per heavy atom. The number of halogens is 5. The fourth-order valence-corrected chi connectivity index (χ4v) is 3.56. The van der Waals surface area contributed by atoms with Crippen LogP contribution in [-0.2, 0) is 16.1 Å². The lowest BCUT2D eigenvalue weighted by Crippen LogP contribution is -2.24. The molecule has 2 aromatic carbocycles. The van der Waals surface area contributed by atoms with Gasteiger partial charge in [0.15, 0.2) is 0 Å². The maximum atomic E-state index is 12.5. The topological polar surface area (TPSA) is 79.4 Å². The molecule has 0 saturated carbocycles. The molecule has 11 heteroatoms. The number of carbonyl (C=O) groups excluding carboxylic acids is 1. The number of benzene rings is 2. The monoisotopic (exact) mass is 501 g/mol. The van der Waals surface area contributed by atoms with Crippen molar-refractivity contribution in [3.05, 3.63) is 63.8 Å². The Bertz CT molecular complexity index is 1150. The number of rotatable bonds is 8. The molecule has 1 amide bonds. The lowest BCUT2D eigenvalue weighted by molar-refractivity contribution is -0.274. The normalized spacial score (nSPS) is 12.6. The van der Waals surface area contributed by atoms with E-state index in [9.17, 15) is 18.0 Å². The second kappa shape index (κ2) is 10.0. The quantitative estimate of drug-likeness (QED) is 0.429. The summed E-state index contributed by atoms with van der Waals surface area (Å²) in [6.45, 7) is 3.66. The van der Waals surface area contributed by atoms with Crippen LogP contribution in [0.15, 0.2) is 42.5 Å². The third-order valence-corrected chi connectivity index (χ3v) is 5.35. The average Bonchev–Trinajstić information content (AvgIpc) is 3.03. The smallest absolute Gasteiger partial charge is 0.406 e. The van der Waals surface area contributed by atoms with Crippen molar-refractivity contribution in [2.24, 2.45) is 11.7 Å². The molecule has 0 spiro atoms. The number of nitrogens with zero attached hydrogens (tertiary/aromatic N) is 2. The largest absolute Gasteiger partial charge is 0.573 e. The summed E-state index contributed by atoms with van der Waals surface area (Å²) in [5.41, 5.74) is 8.24. The fraction of sp³-hybridized carbons (Fsp3) is 0.273. The number of aromatic nitrogens is 2. The molecule has 2 N–H and O–H groups in total. The Hall–Kier alpha value is -2.75. The van der Waals surface area contributed by atoms with Gasteiger partial charge in [-0.2, -0.15) is 5.10 Å². The molecule has 1 heterocycles. The van der Waals surface area contributed by atoms with E-state index in [0.717, 1.165) is 5.56 Å². The van der Waals surface area contributed by atoms with Gasteiger partial charge in [-0.15, -0.1) is 13.2 Å². The second-order valence-electron chi connectivity index (χ2n) is 7.32. The molecule has 3 rings (SSSR count). The molecule has 6 nitrogen and oxygen atoms in total. The van der Waals surface area contributed by atoms with Gasteiger partial charge in [0, 0.05) is 16.1 Å². The molecular weight excluding hydrogens is 482 g/mol. The first-order valence-corrected chi connectivity index (χ1v) is 10.5. The zero-order valence-electron chi connectivity index (χ0n) is 17.6. The molecule has 1 atom stereocenters. The molecule has 33 heavy (non-hydrogen) atoms. The standard InChI is InChI=1S/C22H20Cl2F3N3O3/c1-12(21(28)31)10-32-11-18-13(2)20(14-3-6-16(7-4-14)33-22(25,26)27)30(29-18)19-8-5-15(23)9-17(19)24/h3-9,12H,10-11H2,1-2H3,(H2,28,31). The molecular formula is C22H20Cl2F3N3O3. The van der Waals surface area contributed by atoms with Crippen LogP contribution in [0.2, 0.25) is 10.0 Å². The number of primary amides is 1. The highest BCUT2D eigenvalue weighted by Crippen LogP contribution is 2.34. The summed E-state index contributed by atoms with van der Waals surface area (Å²) in [5.74, 6) is -1.30. The van der Waals surface area contributed by atoms with Gasteiger partial charge < -0.3 is 15.2 Å². The Morgan fingerprint density at radius 2 is 1.85 bits per heavy atom. The number of alkyl halides is 3. The number of carbonyl (C=O) groups is 1. The number of hydrogen-bond donors (Lipinski definition) is 1. The summed E-state index contributed by atoms with van der Waals surface area (Å²) in [4.78, 5) is 11.2. The molecule has 176 valence electrons. The van der Waals surface area contributed by atoms with E-state index in [1.165, 1.54) is 24.3 Å². The van der Waals surface area contributed by atoms with Crippen LogP contribution in [0.4, 0.5) is 13.2 Å². The summed E-state index contributed by atoms with van der Waals surface area (Å²) in [6.07, 6.45) is -4.79. The number of nitrogens with two attached hydrogens (primary N) is 1. The van der Waals surface area contributed by atoms with Gasteiger partial charge in [-0.25, -0.2) is 4.68 Å². The first-order valence-electron chi connectivity index (χ1n) is 9.73. The molecule has 0 saturated heterocycles. The van der Waals surface area contributed by atoms with Crippen molar-refractivity contribution in [3.8, 4) is 22.7 Å². The van der Waals surface area contributed by atoms with E-state index in [1.54, 1.807) is 36.7 Å². The van der Waals surface area contributed by atoms with Crippen LogP contribution in [0.3, 0.4) is 0 Å². The predicted molar refractivity (Wildman–Crippen MR) is 118 cm³/mol. The van der Waals surface area contributed by atoms with Crippen molar-refractivity contribution < 1.29 is 27.4 Å². The Morgan fingerprint density at radius 3 is 2.42 bits per heavy atom. The number of ether oxygens (including phenoxy) is 2. The molecule has 3 aromatic rings. The van der Waals surface area contributed by atoms with Crippen LogP contribution in [-0.4, -0.2) is 28.7 Å². The maximum Gasteiger partial charge on any atom is 0.573 e. The minimum absolute atomic E-state index is 0.0872. The summed E-state index contributed by atoms with van der Waals surface area (Å²) in [7, 11) is 0. The SMILES string of the molecule is Cc1c(COCC(C)C(N)=O)nn(-c2ccc(Cl)cc2Cl)c1-c1ccc(OC(F)(F)F)cc1. The molecule has 0 bridgehead atoms. The molecule has 1 aromatic heterocycles. The molecule has 1 unspecified atom stereocenters. The summed E-state index contributed by atoms with van der Waals surface area (Å²) in [5, 5.41) is 5.38. The van der Waals surface area contributed by atoms with Gasteiger partial charge in [-0.1, -0.05) is 30.1 Å². The minimum Gasteiger partial charge on any atom is -0.406 e. The van der Waals surface area contributed by atoms with Crippen LogP contribution < -0.4 is 10.5 Å². The van der Waals surface area contributed by atoms with Gasteiger partial charge in [0.25, 0.3) is 0 Å². The van der Waals surface area contributed by atoms with Crippen LogP contribution in [0.25, 0.3) is 16.9 Å². The predicted octanol–water partition coefficient (Wildman–Crippen LogP) is 5.69. The van der Waals surface area contributed by atoms with Gasteiger partial charge in [0.2, 0.25) is 5.91 Å². The summed E-state index contributed by atoms with van der Waals surface area (Å²) in [6, 6.07) is 10.3. The highest BCUT2D eigenvalue weighted by molar-refractivity contribution is 6.35. The molecule has 0 aliphatic carbocycles. The fourth-order valence-electron chi connectivity index (χ4n) is 3.07. The van der Waals surface area contributed by atoms with Gasteiger partial charge in [0.1, 0.15) is 5.75 Å². The Balaban J connectivity index is 2.01. The van der Waals surface area contributed by atoms with Crippen molar-refractivity contribution >= 4 is 29.1 Å². The Kier molecular flexibility index (Phi) is 7.56. The van der Waals surface area contributed by atoms with Crippen LogP contribution in [0.5, 0.6) is 5.75 Å². The van der Waals surface area contributed by atoms with E-state index in [1.807, 2.05) is 0 Å². The van der Waals surface area contributed by atoms with Gasteiger partial charge >= 0.3 is 6.36 Å². The summed E-state index contributed by atoms with van der Waals surface area (Å²) < 4.78 is 48.7. The third-order valence-electron chi connectivity index (χ3n) is 4.81. The van der Waals surface area contributed by atoms with E-state index in [-0.39, 0.29) is 19.0 Å². The van der Waals surface area contributed by atoms with Crippen LogP contribution in [0, 0.1) is 12.8 Å². The molecule has 0 aliphatic heterocycles. The van der Waals surface area contributed by atoms with Crippen molar-refractivity contribution in [1.29, 1.82) is 0 Å². The zero-order valence-corrected chi connectivity index (χ0v) is 19.1. The van der Waals surface area contributed by atoms with Crippen molar-refractivity contribution in [3.63, 3.8) is 0 Å². The molecule has 0 aliphatic rings. The van der Waals surface area contributed by atoms with Crippen molar-refractivity contribution in [2.75, 3.05) is 6.61 Å². The van der Waals surface area contributed by atoms with Crippen molar-refractivity contribution in [2.45, 2.75) is 26.8 Å². The summed E-state index contributed by atoms with van der Waals surface area (Å²) >= 11 is 12.4.